The smallest absolute Gasteiger partial charge is 0.228 e. The molecule has 164 valence electrons. The summed E-state index contributed by atoms with van der Waals surface area (Å²) in [6.07, 6.45) is 1.76. The lowest BCUT2D eigenvalue weighted by Crippen LogP contribution is -2.01. The van der Waals surface area contributed by atoms with Crippen LogP contribution in [-0.4, -0.2) is 25.9 Å². The number of hydrogen-bond acceptors (Lipinski definition) is 6. The molecule has 5 aromatic rings. The average Bonchev–Trinajstić information content (AvgIpc) is 3.43. The van der Waals surface area contributed by atoms with Crippen molar-refractivity contribution in [2.45, 2.75) is 13.5 Å². The molecule has 5 rings (SSSR count). The van der Waals surface area contributed by atoms with Gasteiger partial charge in [0.2, 0.25) is 5.78 Å². The normalized spacial score (nSPS) is 11.1. The fraction of sp³-hybridized carbons (Fsp3) is 0.0800. The van der Waals surface area contributed by atoms with Crippen molar-refractivity contribution in [1.29, 1.82) is 0 Å². The number of carbonyl (C=O) groups is 1. The number of nitrogens with zero attached hydrogens (tertiary/aromatic N) is 3. The molecule has 0 bridgehead atoms. The van der Waals surface area contributed by atoms with Crippen LogP contribution in [-0.2, 0) is 6.61 Å². The molecular formula is C25H18BrN3O4. The Labute approximate surface area is 197 Å². The molecule has 0 aliphatic heterocycles. The maximum Gasteiger partial charge on any atom is 0.228 e. The monoisotopic (exact) mass is 503 g/mol. The summed E-state index contributed by atoms with van der Waals surface area (Å²) in [5, 5.41) is 18.5. The van der Waals surface area contributed by atoms with Crippen LogP contribution >= 0.6 is 15.9 Å². The Kier molecular flexibility index (Phi) is 5.43. The van der Waals surface area contributed by atoms with Gasteiger partial charge < -0.3 is 14.3 Å². The molecular weight excluding hydrogens is 486 g/mol. The summed E-state index contributed by atoms with van der Waals surface area (Å²) < 4.78 is 14.3. The number of rotatable bonds is 6. The lowest BCUT2D eigenvalue weighted by Gasteiger charge is -2.03. The summed E-state index contributed by atoms with van der Waals surface area (Å²) in [7, 11) is 0. The number of aromatic hydroxyl groups is 1. The SMILES string of the molecule is Cc1c(C(=O)c2ccc(Br)cc2)oc2cc(OCc3cn(-c4ccc(O)cc4)nn3)ccc12. The molecule has 2 heterocycles. The van der Waals surface area contributed by atoms with Crippen LogP contribution in [0.1, 0.15) is 27.4 Å². The lowest BCUT2D eigenvalue weighted by molar-refractivity contribution is 0.101. The molecule has 0 aliphatic rings. The largest absolute Gasteiger partial charge is 0.508 e. The second kappa shape index (κ2) is 8.55. The van der Waals surface area contributed by atoms with Gasteiger partial charge >= 0.3 is 0 Å². The third-order valence-electron chi connectivity index (χ3n) is 5.26. The Bertz CT molecular complexity index is 1450. The van der Waals surface area contributed by atoms with Gasteiger partial charge in [-0.05, 0) is 67.6 Å². The molecule has 1 N–H and O–H groups in total. The first-order chi connectivity index (χ1) is 16.0. The van der Waals surface area contributed by atoms with Crippen LogP contribution in [0.25, 0.3) is 16.7 Å². The highest BCUT2D eigenvalue weighted by Gasteiger charge is 2.19. The van der Waals surface area contributed by atoms with Crippen molar-refractivity contribution in [3.63, 3.8) is 0 Å². The molecule has 0 spiro atoms. The zero-order valence-electron chi connectivity index (χ0n) is 17.5. The first-order valence-electron chi connectivity index (χ1n) is 10.1. The van der Waals surface area contributed by atoms with E-state index in [0.29, 0.717) is 28.4 Å². The van der Waals surface area contributed by atoms with Crippen LogP contribution in [0, 0.1) is 6.92 Å². The van der Waals surface area contributed by atoms with Gasteiger partial charge in [-0.25, -0.2) is 4.68 Å². The third kappa shape index (κ3) is 4.25. The predicted octanol–water partition coefficient (Wildman–Crippen LogP) is 5.60. The predicted molar refractivity (Wildman–Crippen MR) is 126 cm³/mol. The molecule has 3 aromatic carbocycles. The molecule has 0 radical (unpaired) electrons. The molecule has 8 heteroatoms. The molecule has 33 heavy (non-hydrogen) atoms. The van der Waals surface area contributed by atoms with E-state index < -0.39 is 0 Å². The number of ether oxygens (including phenoxy) is 1. The second-order valence-corrected chi connectivity index (χ2v) is 8.43. The number of fused-ring (bicyclic) bond motifs is 1. The van der Waals surface area contributed by atoms with Gasteiger partial charge in [0.25, 0.3) is 0 Å². The zero-order valence-corrected chi connectivity index (χ0v) is 19.1. The number of aryl methyl sites for hydroxylation is 1. The van der Waals surface area contributed by atoms with Gasteiger partial charge in [-0.15, -0.1) is 5.10 Å². The summed E-state index contributed by atoms with van der Waals surface area (Å²) in [6, 6.07) is 19.3. The summed E-state index contributed by atoms with van der Waals surface area (Å²) in [5.74, 6) is 0.941. The van der Waals surface area contributed by atoms with Crippen LogP contribution < -0.4 is 4.74 Å². The van der Waals surface area contributed by atoms with Crippen LogP contribution in [0.2, 0.25) is 0 Å². The third-order valence-corrected chi connectivity index (χ3v) is 5.79. The van der Waals surface area contributed by atoms with Crippen molar-refractivity contribution in [2.24, 2.45) is 0 Å². The second-order valence-electron chi connectivity index (χ2n) is 7.51. The zero-order chi connectivity index (χ0) is 22.9. The fourth-order valence-electron chi connectivity index (χ4n) is 3.50. The number of aromatic nitrogens is 3. The highest BCUT2D eigenvalue weighted by molar-refractivity contribution is 9.10. The van der Waals surface area contributed by atoms with Crippen LogP contribution in [0.15, 0.2) is 81.8 Å². The molecule has 2 aromatic heterocycles. The number of benzene rings is 3. The number of halogens is 1. The minimum atomic E-state index is -0.162. The number of hydrogen-bond donors (Lipinski definition) is 1. The maximum absolute atomic E-state index is 12.9. The van der Waals surface area contributed by atoms with E-state index in [1.807, 2.05) is 31.2 Å². The summed E-state index contributed by atoms with van der Waals surface area (Å²) in [4.78, 5) is 12.9. The van der Waals surface area contributed by atoms with Crippen molar-refractivity contribution < 1.29 is 19.1 Å². The quantitative estimate of drug-likeness (QED) is 0.303. The van der Waals surface area contributed by atoms with Crippen molar-refractivity contribution in [1.82, 2.24) is 15.0 Å². The van der Waals surface area contributed by atoms with Crippen LogP contribution in [0.3, 0.4) is 0 Å². The van der Waals surface area contributed by atoms with E-state index in [-0.39, 0.29) is 18.1 Å². The van der Waals surface area contributed by atoms with E-state index in [1.54, 1.807) is 53.3 Å². The Morgan fingerprint density at radius 3 is 2.61 bits per heavy atom. The minimum Gasteiger partial charge on any atom is -0.508 e. The molecule has 0 fully saturated rings. The highest BCUT2D eigenvalue weighted by atomic mass is 79.9. The molecule has 0 amide bonds. The first kappa shape index (κ1) is 21.0. The minimum absolute atomic E-state index is 0.162. The van der Waals surface area contributed by atoms with Crippen LogP contribution in [0.4, 0.5) is 0 Å². The van der Waals surface area contributed by atoms with Crippen molar-refractivity contribution in [2.75, 3.05) is 0 Å². The van der Waals surface area contributed by atoms with Gasteiger partial charge in [-0.1, -0.05) is 21.1 Å². The fourth-order valence-corrected chi connectivity index (χ4v) is 3.76. The Hall–Kier alpha value is -3.91. The lowest BCUT2D eigenvalue weighted by atomic mass is 10.0. The molecule has 0 unspecified atom stereocenters. The Morgan fingerprint density at radius 1 is 1.09 bits per heavy atom. The summed E-state index contributed by atoms with van der Waals surface area (Å²) >= 11 is 3.38. The maximum atomic E-state index is 12.9. The van der Waals surface area contributed by atoms with Gasteiger partial charge in [0, 0.05) is 27.1 Å². The van der Waals surface area contributed by atoms with Crippen molar-refractivity contribution in [3.05, 3.63) is 100.0 Å². The van der Waals surface area contributed by atoms with Gasteiger partial charge in [-0.2, -0.15) is 0 Å². The van der Waals surface area contributed by atoms with E-state index in [0.717, 1.165) is 21.1 Å². The van der Waals surface area contributed by atoms with E-state index >= 15 is 0 Å². The van der Waals surface area contributed by atoms with Gasteiger partial charge in [0.05, 0.1) is 11.9 Å². The standard InChI is InChI=1S/C25H18BrN3O4/c1-15-22-11-10-21(12-23(22)33-25(15)24(31)16-2-4-17(26)5-3-16)32-14-18-13-29(28-27-18)19-6-8-20(30)9-7-19/h2-13,30H,14H2,1H3. The molecule has 0 atom stereocenters. The van der Waals surface area contributed by atoms with Crippen LogP contribution in [0.5, 0.6) is 11.5 Å². The first-order valence-corrected chi connectivity index (χ1v) is 10.9. The molecule has 0 saturated carbocycles. The average molecular weight is 504 g/mol. The van der Waals surface area contributed by atoms with Gasteiger partial charge in [-0.3, -0.25) is 4.79 Å². The Balaban J connectivity index is 1.33. The number of phenolic OH excluding ortho intramolecular Hbond substituents is 1. The molecule has 0 saturated heterocycles. The summed E-state index contributed by atoms with van der Waals surface area (Å²) in [6.45, 7) is 2.09. The van der Waals surface area contributed by atoms with Gasteiger partial charge in [0.1, 0.15) is 29.4 Å². The summed E-state index contributed by atoms with van der Waals surface area (Å²) in [5.41, 5.74) is 3.36. The Morgan fingerprint density at radius 2 is 1.85 bits per heavy atom. The number of ketones is 1. The molecule has 7 nitrogen and oxygen atoms in total. The number of furan rings is 1. The molecule has 0 aliphatic carbocycles. The number of carbonyl (C=O) groups excluding carboxylic acids is 1. The van der Waals surface area contributed by atoms with Gasteiger partial charge in [0.15, 0.2) is 5.76 Å². The van der Waals surface area contributed by atoms with Crippen molar-refractivity contribution in [3.8, 4) is 17.2 Å². The highest BCUT2D eigenvalue weighted by Crippen LogP contribution is 2.30. The number of phenols is 1. The van der Waals surface area contributed by atoms with E-state index in [9.17, 15) is 9.90 Å². The topological polar surface area (TPSA) is 90.4 Å². The van der Waals surface area contributed by atoms with E-state index in [4.69, 9.17) is 9.15 Å². The van der Waals surface area contributed by atoms with E-state index in [1.165, 1.54) is 0 Å². The van der Waals surface area contributed by atoms with Crippen molar-refractivity contribution >= 4 is 32.7 Å². The van der Waals surface area contributed by atoms with E-state index in [2.05, 4.69) is 26.2 Å².